The quantitative estimate of drug-likeness (QED) is 0.519. The van der Waals surface area contributed by atoms with Crippen molar-refractivity contribution in [1.29, 1.82) is 0 Å². The number of nitrogens with one attached hydrogen (secondary N) is 1. The number of rotatable bonds is 6. The summed E-state index contributed by atoms with van der Waals surface area (Å²) >= 11 is 0. The summed E-state index contributed by atoms with van der Waals surface area (Å²) in [4.78, 5) is 17.7. The van der Waals surface area contributed by atoms with Crippen molar-refractivity contribution in [3.8, 4) is 22.7 Å². The Balaban J connectivity index is 1.27. The smallest absolute Gasteiger partial charge is 0.258 e. The third-order valence-electron chi connectivity index (χ3n) is 5.40. The van der Waals surface area contributed by atoms with Gasteiger partial charge in [-0.25, -0.2) is 4.68 Å². The third-order valence-corrected chi connectivity index (χ3v) is 5.40. The van der Waals surface area contributed by atoms with Crippen LogP contribution in [0, 0.1) is 0 Å². The van der Waals surface area contributed by atoms with Gasteiger partial charge in [-0.2, -0.15) is 0 Å². The van der Waals surface area contributed by atoms with Crippen LogP contribution in [-0.4, -0.2) is 64.3 Å². The van der Waals surface area contributed by atoms with Gasteiger partial charge in [0.1, 0.15) is 18.1 Å². The van der Waals surface area contributed by atoms with Gasteiger partial charge in [0.05, 0.1) is 30.7 Å². The largest absolute Gasteiger partial charge is 0.492 e. The first-order chi connectivity index (χ1) is 15.3. The summed E-state index contributed by atoms with van der Waals surface area (Å²) in [5.41, 5.74) is 2.48. The van der Waals surface area contributed by atoms with Crippen molar-refractivity contribution in [2.45, 2.75) is 0 Å². The van der Waals surface area contributed by atoms with Crippen molar-refractivity contribution in [2.24, 2.45) is 0 Å². The normalized spacial score (nSPS) is 14.7. The molecule has 1 aliphatic heterocycles. The highest BCUT2D eigenvalue weighted by molar-refractivity contribution is 5.82. The van der Waals surface area contributed by atoms with Crippen LogP contribution in [0.5, 0.6) is 5.75 Å². The van der Waals surface area contributed by atoms with Crippen molar-refractivity contribution >= 4 is 10.9 Å². The summed E-state index contributed by atoms with van der Waals surface area (Å²) in [7, 11) is 0. The molecule has 5 rings (SSSR count). The topological polar surface area (TPSA) is 85.3 Å². The molecule has 0 amide bonds. The maximum atomic E-state index is 12.5. The maximum Gasteiger partial charge on any atom is 0.258 e. The van der Waals surface area contributed by atoms with E-state index in [9.17, 15) is 4.79 Å². The van der Waals surface area contributed by atoms with Crippen LogP contribution >= 0.6 is 0 Å². The minimum atomic E-state index is -0.185. The number of hydrogen-bond donors (Lipinski definition) is 1. The van der Waals surface area contributed by atoms with Crippen molar-refractivity contribution in [1.82, 2.24) is 24.9 Å². The summed E-state index contributed by atoms with van der Waals surface area (Å²) in [5, 5.41) is 9.34. The molecule has 8 heteroatoms. The van der Waals surface area contributed by atoms with Gasteiger partial charge in [0, 0.05) is 25.2 Å². The van der Waals surface area contributed by atoms with E-state index in [1.165, 1.54) is 0 Å². The zero-order valence-electron chi connectivity index (χ0n) is 17.0. The minimum Gasteiger partial charge on any atom is -0.492 e. The standard InChI is InChI=1S/C23H23N5O3/c29-23-20(15-17-3-1-2-4-21(17)24-23)22-16-28(26-25-22)18-5-7-19(8-6-18)31-14-11-27-9-12-30-13-10-27/h1-8,15-16H,9-14H2,(H,24,29). The van der Waals surface area contributed by atoms with Crippen LogP contribution in [0.25, 0.3) is 27.8 Å². The lowest BCUT2D eigenvalue weighted by Gasteiger charge is -2.26. The van der Waals surface area contributed by atoms with Crippen LogP contribution in [0.2, 0.25) is 0 Å². The summed E-state index contributed by atoms with van der Waals surface area (Å²) < 4.78 is 12.9. The molecule has 158 valence electrons. The van der Waals surface area contributed by atoms with Crippen LogP contribution in [0.4, 0.5) is 0 Å². The average molecular weight is 417 g/mol. The second-order valence-corrected chi connectivity index (χ2v) is 7.44. The van der Waals surface area contributed by atoms with E-state index in [-0.39, 0.29) is 5.56 Å². The molecule has 1 aliphatic rings. The molecule has 4 aromatic rings. The lowest BCUT2D eigenvalue weighted by Crippen LogP contribution is -2.38. The first kappa shape index (κ1) is 19.5. The number of pyridine rings is 1. The van der Waals surface area contributed by atoms with E-state index in [2.05, 4.69) is 20.2 Å². The van der Waals surface area contributed by atoms with Gasteiger partial charge >= 0.3 is 0 Å². The Hall–Kier alpha value is -3.49. The highest BCUT2D eigenvalue weighted by atomic mass is 16.5. The second kappa shape index (κ2) is 8.71. The molecule has 0 aliphatic carbocycles. The van der Waals surface area contributed by atoms with E-state index >= 15 is 0 Å². The van der Waals surface area contributed by atoms with E-state index in [0.29, 0.717) is 17.9 Å². The number of benzene rings is 2. The third kappa shape index (κ3) is 4.35. The molecule has 1 saturated heterocycles. The van der Waals surface area contributed by atoms with Crippen LogP contribution in [-0.2, 0) is 4.74 Å². The number of hydrogen-bond acceptors (Lipinski definition) is 6. The summed E-state index contributed by atoms with van der Waals surface area (Å²) in [6, 6.07) is 17.2. The van der Waals surface area contributed by atoms with Crippen LogP contribution in [0.15, 0.2) is 65.6 Å². The number of H-pyrrole nitrogens is 1. The lowest BCUT2D eigenvalue weighted by atomic mass is 10.1. The van der Waals surface area contributed by atoms with Gasteiger partial charge in [0.25, 0.3) is 5.56 Å². The number of ether oxygens (including phenoxy) is 2. The summed E-state index contributed by atoms with van der Waals surface area (Å²) in [6.07, 6.45) is 1.76. The predicted molar refractivity (Wildman–Crippen MR) is 118 cm³/mol. The molecule has 3 heterocycles. The van der Waals surface area contributed by atoms with Crippen molar-refractivity contribution in [3.05, 3.63) is 71.1 Å². The fraction of sp³-hybridized carbons (Fsp3) is 0.261. The molecule has 0 saturated carbocycles. The Kier molecular flexibility index (Phi) is 5.47. The molecular weight excluding hydrogens is 394 g/mol. The van der Waals surface area contributed by atoms with Crippen molar-refractivity contribution in [3.63, 3.8) is 0 Å². The molecule has 0 bridgehead atoms. The van der Waals surface area contributed by atoms with Gasteiger partial charge in [0.2, 0.25) is 0 Å². The van der Waals surface area contributed by atoms with E-state index in [1.807, 2.05) is 54.6 Å². The van der Waals surface area contributed by atoms with E-state index in [0.717, 1.165) is 55.2 Å². The SMILES string of the molecule is O=c1[nH]c2ccccc2cc1-c1cn(-c2ccc(OCCN3CCOCC3)cc2)nn1. The van der Waals surface area contributed by atoms with E-state index < -0.39 is 0 Å². The predicted octanol–water partition coefficient (Wildman–Crippen LogP) is 2.49. The molecule has 8 nitrogen and oxygen atoms in total. The van der Waals surface area contributed by atoms with Gasteiger partial charge in [0.15, 0.2) is 0 Å². The Morgan fingerprint density at radius 2 is 1.87 bits per heavy atom. The summed E-state index contributed by atoms with van der Waals surface area (Å²) in [6.45, 7) is 5.02. The molecule has 1 fully saturated rings. The maximum absolute atomic E-state index is 12.5. The second-order valence-electron chi connectivity index (χ2n) is 7.44. The Labute approximate surface area is 179 Å². The Morgan fingerprint density at radius 1 is 1.06 bits per heavy atom. The van der Waals surface area contributed by atoms with Crippen molar-refractivity contribution in [2.75, 3.05) is 39.5 Å². The number of morpholine rings is 1. The average Bonchev–Trinajstić information content (AvgIpc) is 3.30. The zero-order valence-corrected chi connectivity index (χ0v) is 17.0. The molecule has 0 spiro atoms. The first-order valence-corrected chi connectivity index (χ1v) is 10.3. The number of para-hydroxylation sites is 1. The molecule has 1 N–H and O–H groups in total. The fourth-order valence-corrected chi connectivity index (χ4v) is 3.66. The van der Waals surface area contributed by atoms with Crippen LogP contribution in [0.1, 0.15) is 0 Å². The number of nitrogens with zero attached hydrogens (tertiary/aromatic N) is 4. The minimum absolute atomic E-state index is 0.185. The first-order valence-electron chi connectivity index (χ1n) is 10.3. The fourth-order valence-electron chi connectivity index (χ4n) is 3.66. The Morgan fingerprint density at radius 3 is 2.71 bits per heavy atom. The Bertz CT molecular complexity index is 1230. The molecule has 2 aromatic carbocycles. The van der Waals surface area contributed by atoms with Gasteiger partial charge in [-0.15, -0.1) is 5.10 Å². The molecule has 0 radical (unpaired) electrons. The van der Waals surface area contributed by atoms with Gasteiger partial charge in [-0.3, -0.25) is 9.69 Å². The zero-order chi connectivity index (χ0) is 21.0. The number of aromatic nitrogens is 4. The molecular formula is C23H23N5O3. The van der Waals surface area contributed by atoms with Gasteiger partial charge in [-0.1, -0.05) is 23.4 Å². The van der Waals surface area contributed by atoms with Crippen molar-refractivity contribution < 1.29 is 9.47 Å². The molecule has 2 aromatic heterocycles. The molecule has 0 unspecified atom stereocenters. The monoisotopic (exact) mass is 417 g/mol. The summed E-state index contributed by atoms with van der Waals surface area (Å²) in [5.74, 6) is 0.809. The highest BCUT2D eigenvalue weighted by Crippen LogP contribution is 2.20. The van der Waals surface area contributed by atoms with Crippen LogP contribution < -0.4 is 10.3 Å². The molecule has 0 atom stereocenters. The van der Waals surface area contributed by atoms with Gasteiger partial charge in [-0.05, 0) is 41.8 Å². The highest BCUT2D eigenvalue weighted by Gasteiger charge is 2.12. The molecule has 31 heavy (non-hydrogen) atoms. The number of aromatic amines is 1. The lowest BCUT2D eigenvalue weighted by molar-refractivity contribution is 0.0322. The van der Waals surface area contributed by atoms with E-state index in [4.69, 9.17) is 9.47 Å². The van der Waals surface area contributed by atoms with E-state index in [1.54, 1.807) is 10.9 Å². The number of fused-ring (bicyclic) bond motifs is 1. The van der Waals surface area contributed by atoms with Crippen LogP contribution in [0.3, 0.4) is 0 Å². The van der Waals surface area contributed by atoms with Gasteiger partial charge < -0.3 is 14.5 Å².